The van der Waals surface area contributed by atoms with Crippen LogP contribution in [0.1, 0.15) is 23.2 Å². The summed E-state index contributed by atoms with van der Waals surface area (Å²) in [5, 5.41) is 4.55. The summed E-state index contributed by atoms with van der Waals surface area (Å²) >= 11 is 1.70. The molecule has 0 spiro atoms. The van der Waals surface area contributed by atoms with Crippen molar-refractivity contribution in [3.05, 3.63) is 52.1 Å². The second-order valence-electron chi connectivity index (χ2n) is 5.34. The van der Waals surface area contributed by atoms with Crippen molar-refractivity contribution in [2.24, 2.45) is 5.73 Å². The highest BCUT2D eigenvalue weighted by Crippen LogP contribution is 2.23. The van der Waals surface area contributed by atoms with Gasteiger partial charge in [-0.1, -0.05) is 18.2 Å². The Morgan fingerprint density at radius 1 is 1.35 bits per heavy atom. The first kappa shape index (κ1) is 13.3. The van der Waals surface area contributed by atoms with Gasteiger partial charge in [-0.2, -0.15) is 0 Å². The molecule has 0 amide bonds. The summed E-state index contributed by atoms with van der Waals surface area (Å²) in [6, 6.07) is 8.69. The van der Waals surface area contributed by atoms with Crippen LogP contribution < -0.4 is 5.73 Å². The molecule has 0 aliphatic carbocycles. The molecule has 3 nitrogen and oxygen atoms in total. The molecule has 0 fully saturated rings. The Bertz CT molecular complexity index is 724. The van der Waals surface area contributed by atoms with E-state index in [4.69, 9.17) is 5.73 Å². The fourth-order valence-corrected chi connectivity index (χ4v) is 3.22. The third-order valence-corrected chi connectivity index (χ3v) is 4.23. The molecule has 0 radical (unpaired) electrons. The van der Waals surface area contributed by atoms with Gasteiger partial charge < -0.3 is 10.3 Å². The van der Waals surface area contributed by atoms with Crippen molar-refractivity contribution < 1.29 is 0 Å². The molecule has 1 aromatic carbocycles. The number of para-hydroxylation sites is 1. The third kappa shape index (κ3) is 2.62. The maximum atomic E-state index is 5.96. The Kier molecular flexibility index (Phi) is 3.59. The molecule has 1 atom stereocenters. The van der Waals surface area contributed by atoms with E-state index in [9.17, 15) is 0 Å². The smallest absolute Gasteiger partial charge is 0.0898 e. The van der Waals surface area contributed by atoms with E-state index in [1.165, 1.54) is 16.5 Å². The molecule has 104 valence electrons. The number of nitrogens with zero attached hydrogens (tertiary/aromatic N) is 2. The van der Waals surface area contributed by atoms with Gasteiger partial charge in [0.15, 0.2) is 0 Å². The molecular formula is C16H19N3S. The van der Waals surface area contributed by atoms with Gasteiger partial charge in [0.1, 0.15) is 0 Å². The molecule has 2 heterocycles. The first-order chi connectivity index (χ1) is 9.63. The van der Waals surface area contributed by atoms with Crippen molar-refractivity contribution in [2.45, 2.75) is 32.9 Å². The summed E-state index contributed by atoms with van der Waals surface area (Å²) in [4.78, 5) is 4.56. The minimum absolute atomic E-state index is 0.177. The van der Waals surface area contributed by atoms with Gasteiger partial charge in [-0.15, -0.1) is 11.3 Å². The third-order valence-electron chi connectivity index (χ3n) is 3.41. The number of aromatic nitrogens is 2. The molecule has 3 rings (SSSR count). The first-order valence-electron chi connectivity index (χ1n) is 6.87. The lowest BCUT2D eigenvalue weighted by Gasteiger charge is -2.02. The van der Waals surface area contributed by atoms with E-state index in [1.54, 1.807) is 11.3 Å². The predicted molar refractivity (Wildman–Crippen MR) is 85.2 cm³/mol. The normalized spacial score (nSPS) is 12.9. The zero-order chi connectivity index (χ0) is 14.1. The maximum Gasteiger partial charge on any atom is 0.0898 e. The number of nitrogens with two attached hydrogens (primary N) is 1. The van der Waals surface area contributed by atoms with Crippen LogP contribution in [0.5, 0.6) is 0 Å². The van der Waals surface area contributed by atoms with E-state index in [0.717, 1.165) is 23.7 Å². The maximum absolute atomic E-state index is 5.96. The summed E-state index contributed by atoms with van der Waals surface area (Å²) in [6.07, 6.45) is 3.13. The molecule has 3 aromatic rings. The first-order valence-corrected chi connectivity index (χ1v) is 7.75. The minimum atomic E-state index is 0.177. The molecule has 2 aromatic heterocycles. The Hall–Kier alpha value is -1.65. The number of hydrogen-bond donors (Lipinski definition) is 1. The van der Waals surface area contributed by atoms with Crippen LogP contribution >= 0.6 is 11.3 Å². The minimum Gasteiger partial charge on any atom is -0.341 e. The van der Waals surface area contributed by atoms with E-state index >= 15 is 0 Å². The molecule has 0 aliphatic heterocycles. The van der Waals surface area contributed by atoms with Crippen LogP contribution in [-0.2, 0) is 13.0 Å². The average molecular weight is 285 g/mol. The molecule has 0 saturated heterocycles. The van der Waals surface area contributed by atoms with Gasteiger partial charge in [0.2, 0.25) is 0 Å². The highest BCUT2D eigenvalue weighted by Gasteiger charge is 2.10. The molecule has 4 heteroatoms. The Morgan fingerprint density at radius 2 is 2.15 bits per heavy atom. The van der Waals surface area contributed by atoms with Crippen molar-refractivity contribution in [3.63, 3.8) is 0 Å². The van der Waals surface area contributed by atoms with Crippen molar-refractivity contribution in [1.82, 2.24) is 9.55 Å². The van der Waals surface area contributed by atoms with Crippen molar-refractivity contribution in [3.8, 4) is 0 Å². The van der Waals surface area contributed by atoms with Gasteiger partial charge in [-0.25, -0.2) is 4.98 Å². The SMILES string of the molecule is Cc1nc(Cn2cc(CC(C)N)c3ccccc32)cs1. The van der Waals surface area contributed by atoms with Crippen LogP contribution in [0.2, 0.25) is 0 Å². The highest BCUT2D eigenvalue weighted by molar-refractivity contribution is 7.09. The van der Waals surface area contributed by atoms with Crippen molar-refractivity contribution in [2.75, 3.05) is 0 Å². The van der Waals surface area contributed by atoms with Gasteiger partial charge in [0.25, 0.3) is 0 Å². The summed E-state index contributed by atoms with van der Waals surface area (Å²) in [6.45, 7) is 4.92. The number of benzene rings is 1. The van der Waals surface area contributed by atoms with Crippen LogP contribution in [0.3, 0.4) is 0 Å². The van der Waals surface area contributed by atoms with Gasteiger partial charge in [-0.05, 0) is 31.9 Å². The zero-order valence-electron chi connectivity index (χ0n) is 11.8. The van der Waals surface area contributed by atoms with E-state index < -0.39 is 0 Å². The van der Waals surface area contributed by atoms with E-state index in [0.29, 0.717) is 0 Å². The summed E-state index contributed by atoms with van der Waals surface area (Å²) in [5.74, 6) is 0. The Morgan fingerprint density at radius 3 is 2.85 bits per heavy atom. The van der Waals surface area contributed by atoms with Gasteiger partial charge in [0.05, 0.1) is 17.2 Å². The van der Waals surface area contributed by atoms with E-state index in [-0.39, 0.29) is 6.04 Å². The van der Waals surface area contributed by atoms with Gasteiger partial charge in [-0.3, -0.25) is 0 Å². The Labute approximate surface area is 123 Å². The molecule has 0 aliphatic rings. The molecule has 1 unspecified atom stereocenters. The number of fused-ring (bicyclic) bond motifs is 1. The van der Waals surface area contributed by atoms with Crippen LogP contribution in [-0.4, -0.2) is 15.6 Å². The second-order valence-corrected chi connectivity index (χ2v) is 6.40. The van der Waals surface area contributed by atoms with Gasteiger partial charge >= 0.3 is 0 Å². The predicted octanol–water partition coefficient (Wildman–Crippen LogP) is 3.34. The van der Waals surface area contributed by atoms with Crippen molar-refractivity contribution in [1.29, 1.82) is 0 Å². The summed E-state index contributed by atoms with van der Waals surface area (Å²) in [5.41, 5.74) is 9.67. The van der Waals surface area contributed by atoms with Crippen LogP contribution in [0.25, 0.3) is 10.9 Å². The number of rotatable bonds is 4. The topological polar surface area (TPSA) is 43.8 Å². The number of hydrogen-bond acceptors (Lipinski definition) is 3. The highest BCUT2D eigenvalue weighted by atomic mass is 32.1. The second kappa shape index (κ2) is 5.38. The fraction of sp³-hybridized carbons (Fsp3) is 0.312. The fourth-order valence-electron chi connectivity index (χ4n) is 2.62. The lowest BCUT2D eigenvalue weighted by Crippen LogP contribution is -2.17. The Balaban J connectivity index is 2.02. The molecule has 0 bridgehead atoms. The molecular weight excluding hydrogens is 266 g/mol. The largest absolute Gasteiger partial charge is 0.341 e. The summed E-state index contributed by atoms with van der Waals surface area (Å²) in [7, 11) is 0. The van der Waals surface area contributed by atoms with E-state index in [2.05, 4.69) is 52.3 Å². The molecule has 20 heavy (non-hydrogen) atoms. The van der Waals surface area contributed by atoms with Crippen molar-refractivity contribution >= 4 is 22.2 Å². The number of thiazole rings is 1. The lowest BCUT2D eigenvalue weighted by atomic mass is 10.1. The monoisotopic (exact) mass is 285 g/mol. The van der Waals surface area contributed by atoms with Crippen LogP contribution in [0.15, 0.2) is 35.8 Å². The summed E-state index contributed by atoms with van der Waals surface area (Å²) < 4.78 is 2.28. The standard InChI is InChI=1S/C16H19N3S/c1-11(17)7-13-8-19(9-14-10-20-12(2)18-14)16-6-4-3-5-15(13)16/h3-6,8,10-11H,7,9,17H2,1-2H3. The average Bonchev–Trinajstić information content (AvgIpc) is 2.95. The zero-order valence-corrected chi connectivity index (χ0v) is 12.7. The van der Waals surface area contributed by atoms with Gasteiger partial charge in [0, 0.05) is 28.5 Å². The quantitative estimate of drug-likeness (QED) is 0.799. The van der Waals surface area contributed by atoms with Crippen LogP contribution in [0.4, 0.5) is 0 Å². The molecule has 0 saturated carbocycles. The lowest BCUT2D eigenvalue weighted by molar-refractivity contribution is 0.733. The van der Waals surface area contributed by atoms with E-state index in [1.807, 2.05) is 6.92 Å². The number of aryl methyl sites for hydroxylation is 1. The van der Waals surface area contributed by atoms with Crippen LogP contribution in [0, 0.1) is 6.92 Å². The molecule has 2 N–H and O–H groups in total.